The number of imide groups is 1. The summed E-state index contributed by atoms with van der Waals surface area (Å²) in [6.45, 7) is 8.69. The summed E-state index contributed by atoms with van der Waals surface area (Å²) in [6.07, 6.45) is 9.87. The topological polar surface area (TPSA) is 324 Å². The molecule has 416 valence electrons. The molecule has 9 amide bonds. The number of urea groups is 1. The largest absolute Gasteiger partial charge is 0.445 e. The first-order valence-electron chi connectivity index (χ1n) is 26.3. The van der Waals surface area contributed by atoms with E-state index in [1.165, 1.54) is 18.3 Å². The molecule has 2 aromatic carbocycles. The number of nitrogens with two attached hydrogens (primary N) is 2. The van der Waals surface area contributed by atoms with Gasteiger partial charge >= 0.3 is 12.1 Å². The lowest BCUT2D eigenvalue weighted by Gasteiger charge is -2.24. The average Bonchev–Trinajstić information content (AvgIpc) is 3.62. The van der Waals surface area contributed by atoms with Gasteiger partial charge in [-0.2, -0.15) is 0 Å². The number of anilines is 2. The van der Waals surface area contributed by atoms with Crippen LogP contribution in [0, 0.1) is 11.8 Å². The molecular weight excluding hydrogens is 1000 g/mol. The highest BCUT2D eigenvalue weighted by Gasteiger charge is 2.30. The third-order valence-electron chi connectivity index (χ3n) is 12.8. The van der Waals surface area contributed by atoms with Gasteiger partial charge in [-0.1, -0.05) is 45.4 Å². The van der Waals surface area contributed by atoms with E-state index in [0.717, 1.165) is 11.3 Å². The third-order valence-corrected chi connectivity index (χ3v) is 12.8. The summed E-state index contributed by atoms with van der Waals surface area (Å²) in [5.41, 5.74) is 15.4. The maximum Gasteiger partial charge on any atom is 0.407 e. The van der Waals surface area contributed by atoms with Crippen molar-refractivity contribution in [3.05, 3.63) is 101 Å². The number of Topliss-reactive ketones (excluding diaryl/α,β-unsaturated/α-hetero) is 2. The van der Waals surface area contributed by atoms with Gasteiger partial charge in [0.25, 0.3) is 17.7 Å². The number of rotatable bonds is 30. The number of carbonyl (C=O) groups excluding carboxylic acids is 10. The van der Waals surface area contributed by atoms with Crippen molar-refractivity contribution < 1.29 is 52.7 Å². The number of ketones is 2. The number of unbranched alkanes of at least 4 members (excludes halogenated alkanes) is 2. The predicted octanol–water partition coefficient (Wildman–Crippen LogP) is 5.38. The van der Waals surface area contributed by atoms with Gasteiger partial charge in [0.2, 0.25) is 17.7 Å². The second-order valence-electron chi connectivity index (χ2n) is 19.4. The number of aromatic nitrogens is 1. The second kappa shape index (κ2) is 30.3. The molecule has 22 heteroatoms. The zero-order valence-corrected chi connectivity index (χ0v) is 44.7. The summed E-state index contributed by atoms with van der Waals surface area (Å²) >= 11 is 0. The van der Waals surface area contributed by atoms with Crippen molar-refractivity contribution in [3.8, 4) is 0 Å². The molecule has 2 atom stereocenters. The molecule has 3 heterocycles. The van der Waals surface area contributed by atoms with Crippen molar-refractivity contribution in [1.82, 2.24) is 30.7 Å². The number of nitrogens with zero attached hydrogens (tertiary/aromatic N) is 4. The van der Waals surface area contributed by atoms with E-state index in [-0.39, 0.29) is 112 Å². The molecule has 0 saturated carbocycles. The molecule has 2 aliphatic heterocycles. The molecule has 0 unspecified atom stereocenters. The number of alkyl carbamates (subject to hydrolysis) is 1. The SMILES string of the molecule is CCCN(CC)C(=O)C1=Cc2ccc(C(=O)Nc3cncc(CCC(=O)CNC(=O)OCc4ccc(NC(=O)[C@H](CCCNC(N)=O)CC(=O)[C@@H](NC(=O)CCCCCN5C(=O)C=CC5=O)C(C)C)cc4)c3)cc2N=C(N)C1. The van der Waals surface area contributed by atoms with E-state index in [1.54, 1.807) is 79.6 Å². The number of pyridine rings is 1. The zero-order chi connectivity index (χ0) is 56.7. The van der Waals surface area contributed by atoms with Gasteiger partial charge in [0, 0.05) is 98.5 Å². The lowest BCUT2D eigenvalue weighted by Crippen LogP contribution is -2.45. The number of amidine groups is 1. The number of amides is 9. The van der Waals surface area contributed by atoms with Crippen molar-refractivity contribution in [3.63, 3.8) is 0 Å². The third kappa shape index (κ3) is 19.2. The molecule has 5 rings (SSSR count). The fourth-order valence-electron chi connectivity index (χ4n) is 8.62. The summed E-state index contributed by atoms with van der Waals surface area (Å²) in [5.74, 6) is -3.52. The van der Waals surface area contributed by atoms with Gasteiger partial charge in [-0.25, -0.2) is 14.6 Å². The van der Waals surface area contributed by atoms with Gasteiger partial charge in [0.05, 0.1) is 30.2 Å². The Labute approximate surface area is 453 Å². The molecule has 9 N–H and O–H groups in total. The van der Waals surface area contributed by atoms with Gasteiger partial charge in [0.1, 0.15) is 12.4 Å². The van der Waals surface area contributed by atoms with Crippen molar-refractivity contribution in [2.45, 2.75) is 111 Å². The highest BCUT2D eigenvalue weighted by molar-refractivity contribution is 6.13. The van der Waals surface area contributed by atoms with Crippen molar-refractivity contribution in [1.29, 1.82) is 0 Å². The van der Waals surface area contributed by atoms with Crippen molar-refractivity contribution >= 4 is 88.1 Å². The molecule has 0 bridgehead atoms. The van der Waals surface area contributed by atoms with Gasteiger partial charge in [-0.05, 0) is 98.9 Å². The number of nitrogens with one attached hydrogen (secondary N) is 5. The van der Waals surface area contributed by atoms with E-state index < -0.39 is 35.9 Å². The minimum absolute atomic E-state index is 0.0630. The van der Waals surface area contributed by atoms with Crippen LogP contribution in [0.1, 0.15) is 119 Å². The molecule has 0 fully saturated rings. The first-order valence-corrected chi connectivity index (χ1v) is 26.3. The van der Waals surface area contributed by atoms with Crippen LogP contribution < -0.4 is 38.1 Å². The number of aliphatic imine (C=N–C) groups is 1. The molecule has 1 aromatic heterocycles. The quantitative estimate of drug-likeness (QED) is 0.0326. The van der Waals surface area contributed by atoms with Crippen LogP contribution in [0.5, 0.6) is 0 Å². The smallest absolute Gasteiger partial charge is 0.407 e. The Morgan fingerprint density at radius 3 is 2.27 bits per heavy atom. The van der Waals surface area contributed by atoms with Gasteiger partial charge in [0.15, 0.2) is 11.6 Å². The lowest BCUT2D eigenvalue weighted by molar-refractivity contribution is -0.137. The Bertz CT molecular complexity index is 2770. The minimum atomic E-state index is -0.867. The molecular formula is C56H71N11O11. The van der Waals surface area contributed by atoms with E-state index in [2.05, 4.69) is 36.6 Å². The van der Waals surface area contributed by atoms with Crippen LogP contribution in [0.3, 0.4) is 0 Å². The summed E-state index contributed by atoms with van der Waals surface area (Å²) in [5, 5.41) is 13.4. The van der Waals surface area contributed by atoms with E-state index in [0.29, 0.717) is 83.7 Å². The number of ether oxygens (including phenoxy) is 1. The van der Waals surface area contributed by atoms with E-state index in [9.17, 15) is 47.9 Å². The summed E-state index contributed by atoms with van der Waals surface area (Å²) in [7, 11) is 0. The molecule has 0 radical (unpaired) electrons. The molecule has 3 aromatic rings. The predicted molar refractivity (Wildman–Crippen MR) is 293 cm³/mol. The number of hydrogen-bond acceptors (Lipinski definition) is 14. The van der Waals surface area contributed by atoms with E-state index in [1.807, 2.05) is 13.8 Å². The molecule has 0 aliphatic carbocycles. The number of likely N-dealkylation sites (N-methyl/N-ethyl adjacent to an activating group) is 1. The monoisotopic (exact) mass is 1070 g/mol. The maximum absolute atomic E-state index is 13.7. The second-order valence-corrected chi connectivity index (χ2v) is 19.4. The van der Waals surface area contributed by atoms with Gasteiger partial charge < -0.3 is 47.7 Å². The van der Waals surface area contributed by atoms with Crippen LogP contribution in [0.25, 0.3) is 6.08 Å². The molecule has 22 nitrogen and oxygen atoms in total. The standard InChI is InChI=1S/C56H71N11O11/c1-5-24-66(6-2)54(75)41-27-38-16-17-40(28-45(38)64-47(57)30-41)53(74)63-43-26-37(31-59-32-43)15-20-44(68)33-61-56(77)78-34-36-13-18-42(19-14-36)62-52(73)39(11-10-23-60-55(58)76)29-46(69)51(35(3)4)65-48(70)12-8-7-9-25-67-49(71)21-22-50(67)72/h13-14,16-19,21-22,26-28,31-32,35,39,51H,5-12,15,20,23-25,29-30,33-34H2,1-4H3,(H2,57,64)(H,61,77)(H,62,73)(H,63,74)(H,65,70)(H3,58,60,76)/t39-,51+/m1/s1. The number of carbonyl (C=O) groups is 10. The molecule has 0 saturated heterocycles. The Morgan fingerprint density at radius 1 is 0.833 bits per heavy atom. The highest BCUT2D eigenvalue weighted by atomic mass is 16.5. The Morgan fingerprint density at radius 2 is 1.58 bits per heavy atom. The van der Waals surface area contributed by atoms with Crippen LogP contribution in [0.15, 0.2) is 83.6 Å². The first-order chi connectivity index (χ1) is 37.3. The fraction of sp³-hybridized carbons (Fsp3) is 0.429. The average molecular weight is 1070 g/mol. The summed E-state index contributed by atoms with van der Waals surface area (Å²) in [4.78, 5) is 138. The molecule has 78 heavy (non-hydrogen) atoms. The Hall–Kier alpha value is -8.56. The van der Waals surface area contributed by atoms with Crippen LogP contribution in [0.4, 0.5) is 26.7 Å². The zero-order valence-electron chi connectivity index (χ0n) is 44.7. The lowest BCUT2D eigenvalue weighted by atomic mass is 9.89. The molecule has 2 aliphatic rings. The highest BCUT2D eigenvalue weighted by Crippen LogP contribution is 2.29. The first kappa shape index (κ1) is 60.3. The van der Waals surface area contributed by atoms with Crippen LogP contribution in [-0.4, -0.2) is 119 Å². The fourth-order valence-corrected chi connectivity index (χ4v) is 8.62. The maximum atomic E-state index is 13.7. The molecule has 0 spiro atoms. The van der Waals surface area contributed by atoms with Crippen LogP contribution in [0.2, 0.25) is 0 Å². The number of hydrogen-bond donors (Lipinski definition) is 7. The number of benzene rings is 2. The van der Waals surface area contributed by atoms with Crippen molar-refractivity contribution in [2.24, 2.45) is 28.3 Å². The van der Waals surface area contributed by atoms with Gasteiger partial charge in [-0.15, -0.1) is 0 Å². The van der Waals surface area contributed by atoms with Crippen molar-refractivity contribution in [2.75, 3.05) is 43.4 Å². The number of primary amides is 1. The number of aryl methyl sites for hydroxylation is 1. The summed E-state index contributed by atoms with van der Waals surface area (Å²) < 4.78 is 5.31. The number of fused-ring (bicyclic) bond motifs is 1. The van der Waals surface area contributed by atoms with Gasteiger partial charge in [-0.3, -0.25) is 48.2 Å². The van der Waals surface area contributed by atoms with Crippen LogP contribution in [-0.2, 0) is 51.3 Å². The van der Waals surface area contributed by atoms with E-state index >= 15 is 0 Å². The Balaban J connectivity index is 1.04. The summed E-state index contributed by atoms with van der Waals surface area (Å²) in [6, 6.07) is 11.5. The van der Waals surface area contributed by atoms with Crippen LogP contribution >= 0.6 is 0 Å². The Kier molecular flexibility index (Phi) is 23.4. The minimum Gasteiger partial charge on any atom is -0.445 e. The normalized spacial score (nSPS) is 13.5. The van der Waals surface area contributed by atoms with E-state index in [4.69, 9.17) is 16.2 Å².